The van der Waals surface area contributed by atoms with Crippen molar-refractivity contribution in [3.05, 3.63) is 76.6 Å². The van der Waals surface area contributed by atoms with E-state index in [0.29, 0.717) is 28.0 Å². The highest BCUT2D eigenvalue weighted by atomic mass is 35.5. The highest BCUT2D eigenvalue weighted by Crippen LogP contribution is 2.20. The molecule has 0 atom stereocenters. The van der Waals surface area contributed by atoms with E-state index in [4.69, 9.17) is 11.6 Å². The molecule has 2 aromatic carbocycles. The monoisotopic (exact) mass is 352 g/mol. The summed E-state index contributed by atoms with van der Waals surface area (Å²) in [6.07, 6.45) is 0. The van der Waals surface area contributed by atoms with E-state index in [1.165, 1.54) is 0 Å². The first-order valence-corrected chi connectivity index (χ1v) is 8.14. The fraction of sp³-hybridized carbons (Fsp3) is 0.105. The van der Waals surface area contributed by atoms with E-state index < -0.39 is 0 Å². The molecule has 1 aromatic heterocycles. The molecule has 126 valence electrons. The van der Waals surface area contributed by atoms with Gasteiger partial charge in [0.1, 0.15) is 5.69 Å². The number of amides is 1. The number of halogens is 1. The van der Waals surface area contributed by atoms with Gasteiger partial charge in [-0.2, -0.15) is 0 Å². The molecule has 0 bridgehead atoms. The van der Waals surface area contributed by atoms with E-state index >= 15 is 0 Å². The first-order valence-electron chi connectivity index (χ1n) is 7.76. The minimum absolute atomic E-state index is 0.292. The van der Waals surface area contributed by atoms with Crippen LogP contribution in [0.4, 0.5) is 17.3 Å². The van der Waals surface area contributed by atoms with Gasteiger partial charge in [-0.1, -0.05) is 29.8 Å². The minimum atomic E-state index is -0.299. The third-order valence-corrected chi connectivity index (χ3v) is 3.79. The summed E-state index contributed by atoms with van der Waals surface area (Å²) >= 11 is 5.95. The Balaban J connectivity index is 1.82. The van der Waals surface area contributed by atoms with Crippen molar-refractivity contribution in [2.75, 3.05) is 10.6 Å². The van der Waals surface area contributed by atoms with Crippen LogP contribution in [0.1, 0.15) is 21.7 Å². The fourth-order valence-corrected chi connectivity index (χ4v) is 2.57. The number of benzene rings is 2. The lowest BCUT2D eigenvalue weighted by atomic mass is 10.2. The quantitative estimate of drug-likeness (QED) is 0.711. The molecule has 0 aliphatic carbocycles. The van der Waals surface area contributed by atoms with Gasteiger partial charge in [-0.25, -0.2) is 9.97 Å². The Hall–Kier alpha value is -2.92. The third-order valence-electron chi connectivity index (χ3n) is 3.55. The van der Waals surface area contributed by atoms with Crippen molar-refractivity contribution in [3.8, 4) is 0 Å². The second-order valence-corrected chi connectivity index (χ2v) is 6.06. The molecule has 0 fully saturated rings. The molecule has 6 heteroatoms. The Morgan fingerprint density at radius 2 is 1.76 bits per heavy atom. The van der Waals surface area contributed by atoms with E-state index in [0.717, 1.165) is 11.3 Å². The van der Waals surface area contributed by atoms with E-state index in [1.54, 1.807) is 24.3 Å². The molecular weight excluding hydrogens is 336 g/mol. The number of anilines is 3. The van der Waals surface area contributed by atoms with Crippen molar-refractivity contribution in [2.24, 2.45) is 0 Å². The summed E-state index contributed by atoms with van der Waals surface area (Å²) in [6.45, 7) is 3.71. The number of rotatable bonds is 4. The van der Waals surface area contributed by atoms with Crippen LogP contribution in [0.5, 0.6) is 0 Å². The maximum absolute atomic E-state index is 12.5. The summed E-state index contributed by atoms with van der Waals surface area (Å²) < 4.78 is 0. The average Bonchev–Trinajstić information content (AvgIpc) is 2.57. The SMILES string of the molecule is Cc1cc(C(=O)Nc2ccc(Cl)cc2C)nc(Nc2ccccc2)n1. The second kappa shape index (κ2) is 7.32. The predicted octanol–water partition coefficient (Wildman–Crippen LogP) is 4.74. The van der Waals surface area contributed by atoms with Gasteiger partial charge in [0.25, 0.3) is 5.91 Å². The van der Waals surface area contributed by atoms with Gasteiger partial charge in [0.2, 0.25) is 5.95 Å². The number of hydrogen-bond donors (Lipinski definition) is 2. The third kappa shape index (κ3) is 4.33. The van der Waals surface area contributed by atoms with E-state index in [-0.39, 0.29) is 5.91 Å². The fourth-order valence-electron chi connectivity index (χ4n) is 2.35. The maximum Gasteiger partial charge on any atom is 0.274 e. The van der Waals surface area contributed by atoms with Crippen molar-refractivity contribution in [1.82, 2.24) is 9.97 Å². The molecule has 3 aromatic rings. The molecule has 0 saturated carbocycles. The number of aryl methyl sites for hydroxylation is 2. The topological polar surface area (TPSA) is 66.9 Å². The first-order chi connectivity index (χ1) is 12.0. The summed E-state index contributed by atoms with van der Waals surface area (Å²) in [4.78, 5) is 21.2. The first kappa shape index (κ1) is 16.9. The van der Waals surface area contributed by atoms with Crippen LogP contribution in [0, 0.1) is 13.8 Å². The van der Waals surface area contributed by atoms with Gasteiger partial charge in [-0.15, -0.1) is 0 Å². The standard InChI is InChI=1S/C19H17ClN4O/c1-12-10-14(20)8-9-16(12)23-18(25)17-11-13(2)21-19(24-17)22-15-6-4-3-5-7-15/h3-11H,1-2H3,(H,23,25)(H,21,22,24). The van der Waals surface area contributed by atoms with Crippen LogP contribution < -0.4 is 10.6 Å². The van der Waals surface area contributed by atoms with E-state index in [9.17, 15) is 4.79 Å². The number of nitrogens with zero attached hydrogens (tertiary/aromatic N) is 2. The lowest BCUT2D eigenvalue weighted by Gasteiger charge is -2.10. The molecule has 1 heterocycles. The number of aromatic nitrogens is 2. The summed E-state index contributed by atoms with van der Waals surface area (Å²) in [7, 11) is 0. The Kier molecular flexibility index (Phi) is 4.95. The molecule has 0 spiro atoms. The van der Waals surface area contributed by atoms with Gasteiger partial charge >= 0.3 is 0 Å². The molecule has 0 unspecified atom stereocenters. The highest BCUT2D eigenvalue weighted by molar-refractivity contribution is 6.30. The van der Waals surface area contributed by atoms with Crippen molar-refractivity contribution in [3.63, 3.8) is 0 Å². The van der Waals surface area contributed by atoms with Crippen LogP contribution in [-0.4, -0.2) is 15.9 Å². The van der Waals surface area contributed by atoms with Crippen LogP contribution in [0.3, 0.4) is 0 Å². The zero-order valence-electron chi connectivity index (χ0n) is 13.9. The summed E-state index contributed by atoms with van der Waals surface area (Å²) in [5.74, 6) is 0.0798. The van der Waals surface area contributed by atoms with Gasteiger partial charge in [-0.3, -0.25) is 4.79 Å². The molecule has 5 nitrogen and oxygen atoms in total. The van der Waals surface area contributed by atoms with Crippen molar-refractivity contribution >= 4 is 34.8 Å². The Morgan fingerprint density at radius 3 is 2.48 bits per heavy atom. The normalized spacial score (nSPS) is 10.4. The van der Waals surface area contributed by atoms with Crippen LogP contribution in [0.25, 0.3) is 0 Å². The lowest BCUT2D eigenvalue weighted by molar-refractivity contribution is 0.102. The largest absolute Gasteiger partial charge is 0.324 e. The molecule has 0 aliphatic rings. The molecular formula is C19H17ClN4O. The predicted molar refractivity (Wildman–Crippen MR) is 101 cm³/mol. The Labute approximate surface area is 151 Å². The molecule has 0 aliphatic heterocycles. The van der Waals surface area contributed by atoms with Gasteiger partial charge in [0.15, 0.2) is 0 Å². The molecule has 0 radical (unpaired) electrons. The van der Waals surface area contributed by atoms with Gasteiger partial charge < -0.3 is 10.6 Å². The minimum Gasteiger partial charge on any atom is -0.324 e. The summed E-state index contributed by atoms with van der Waals surface area (Å²) in [5, 5.41) is 6.59. The van der Waals surface area contributed by atoms with Crippen molar-refractivity contribution in [1.29, 1.82) is 0 Å². The van der Waals surface area contributed by atoms with E-state index in [1.807, 2.05) is 44.2 Å². The van der Waals surface area contributed by atoms with Crippen LogP contribution in [-0.2, 0) is 0 Å². The Morgan fingerprint density at radius 1 is 1.00 bits per heavy atom. The highest BCUT2D eigenvalue weighted by Gasteiger charge is 2.12. The van der Waals surface area contributed by atoms with Crippen LogP contribution in [0.2, 0.25) is 5.02 Å². The zero-order valence-corrected chi connectivity index (χ0v) is 14.6. The number of carbonyl (C=O) groups excluding carboxylic acids is 1. The zero-order chi connectivity index (χ0) is 17.8. The molecule has 25 heavy (non-hydrogen) atoms. The molecule has 1 amide bonds. The molecule has 0 saturated heterocycles. The summed E-state index contributed by atoms with van der Waals surface area (Å²) in [6, 6.07) is 16.5. The maximum atomic E-state index is 12.5. The average molecular weight is 353 g/mol. The van der Waals surface area contributed by atoms with Crippen LogP contribution >= 0.6 is 11.6 Å². The van der Waals surface area contributed by atoms with Gasteiger partial charge in [-0.05, 0) is 55.8 Å². The van der Waals surface area contributed by atoms with Crippen molar-refractivity contribution in [2.45, 2.75) is 13.8 Å². The van der Waals surface area contributed by atoms with Crippen LogP contribution in [0.15, 0.2) is 54.6 Å². The lowest BCUT2D eigenvalue weighted by Crippen LogP contribution is -2.16. The number of carbonyl (C=O) groups is 1. The smallest absolute Gasteiger partial charge is 0.274 e. The van der Waals surface area contributed by atoms with Gasteiger partial charge in [0.05, 0.1) is 0 Å². The summed E-state index contributed by atoms with van der Waals surface area (Å²) in [5.41, 5.74) is 3.43. The number of para-hydroxylation sites is 1. The number of hydrogen-bond acceptors (Lipinski definition) is 4. The molecule has 2 N–H and O–H groups in total. The Bertz CT molecular complexity index is 913. The second-order valence-electron chi connectivity index (χ2n) is 5.62. The van der Waals surface area contributed by atoms with E-state index in [2.05, 4.69) is 20.6 Å². The van der Waals surface area contributed by atoms with Crippen molar-refractivity contribution < 1.29 is 4.79 Å². The molecule has 3 rings (SSSR count). The van der Waals surface area contributed by atoms with Gasteiger partial charge in [0, 0.05) is 22.1 Å². The number of nitrogens with one attached hydrogen (secondary N) is 2.